The quantitative estimate of drug-likeness (QED) is 0.628. The first-order valence-electron chi connectivity index (χ1n) is 10.7. The van der Waals surface area contributed by atoms with Gasteiger partial charge in [-0.1, -0.05) is 36.4 Å². The van der Waals surface area contributed by atoms with E-state index in [9.17, 15) is 8.42 Å². The van der Waals surface area contributed by atoms with Crippen LogP contribution in [0.25, 0.3) is 0 Å². The zero-order valence-corrected chi connectivity index (χ0v) is 18.1. The summed E-state index contributed by atoms with van der Waals surface area (Å²) >= 11 is 0. The highest BCUT2D eigenvalue weighted by atomic mass is 32.2. The molecule has 1 atom stereocenters. The van der Waals surface area contributed by atoms with Crippen LogP contribution < -0.4 is 0 Å². The van der Waals surface area contributed by atoms with Gasteiger partial charge in [0.15, 0.2) is 0 Å². The summed E-state index contributed by atoms with van der Waals surface area (Å²) in [4.78, 5) is 5.11. The molecule has 1 unspecified atom stereocenters. The Kier molecular flexibility index (Phi) is 4.99. The fraction of sp³-hybridized carbons (Fsp3) is 0.375. The highest BCUT2D eigenvalue weighted by Crippen LogP contribution is 2.33. The normalized spacial score (nSPS) is 19.3. The third-order valence-corrected chi connectivity index (χ3v) is 8.35. The number of sulfonamides is 1. The van der Waals surface area contributed by atoms with E-state index < -0.39 is 10.0 Å². The summed E-state index contributed by atoms with van der Waals surface area (Å²) in [6, 6.07) is 16.0. The number of fused-ring (bicyclic) bond motifs is 1. The second-order valence-corrected chi connectivity index (χ2v) is 10.4. The number of hydrogen-bond donors (Lipinski definition) is 0. The fourth-order valence-corrected chi connectivity index (χ4v) is 6.34. The largest absolute Gasteiger partial charge is 0.328 e. The second kappa shape index (κ2) is 7.67. The lowest BCUT2D eigenvalue weighted by molar-refractivity contribution is 0.469. The minimum absolute atomic E-state index is 0.117. The van der Waals surface area contributed by atoms with E-state index in [1.807, 2.05) is 36.5 Å². The predicted octanol–water partition coefficient (Wildman–Crippen LogP) is 3.91. The van der Waals surface area contributed by atoms with Crippen LogP contribution in [0.3, 0.4) is 0 Å². The molecule has 0 spiro atoms. The predicted molar refractivity (Wildman–Crippen MR) is 117 cm³/mol. The number of imidazole rings is 1. The molecule has 2 aliphatic rings. The van der Waals surface area contributed by atoms with Gasteiger partial charge in [-0.15, -0.1) is 0 Å². The van der Waals surface area contributed by atoms with Crippen molar-refractivity contribution in [1.29, 1.82) is 0 Å². The lowest BCUT2D eigenvalue weighted by Gasteiger charge is -2.18. The third-order valence-electron chi connectivity index (χ3n) is 6.49. The lowest BCUT2D eigenvalue weighted by atomic mass is 10.1. The Bertz CT molecular complexity index is 1170. The first kappa shape index (κ1) is 19.5. The SMILES string of the molecule is Cc1cnc(C2CCN(S(=O)(=O)c3ccc4c(c3)CCC4)C2)n1Cc1ccccc1. The summed E-state index contributed by atoms with van der Waals surface area (Å²) in [5.41, 5.74) is 4.82. The van der Waals surface area contributed by atoms with Crippen LogP contribution in [0.2, 0.25) is 0 Å². The average Bonchev–Trinajstić information content (AvgIpc) is 3.49. The van der Waals surface area contributed by atoms with Crippen LogP contribution >= 0.6 is 0 Å². The van der Waals surface area contributed by atoms with Crippen molar-refractivity contribution in [1.82, 2.24) is 13.9 Å². The van der Waals surface area contributed by atoms with E-state index in [1.54, 1.807) is 10.4 Å². The summed E-state index contributed by atoms with van der Waals surface area (Å²) < 4.78 is 30.5. The monoisotopic (exact) mass is 421 g/mol. The van der Waals surface area contributed by atoms with Crippen LogP contribution in [-0.4, -0.2) is 35.4 Å². The molecular formula is C24H27N3O2S. The number of aromatic nitrogens is 2. The van der Waals surface area contributed by atoms with Crippen LogP contribution in [0.15, 0.2) is 59.6 Å². The molecule has 0 radical (unpaired) electrons. The van der Waals surface area contributed by atoms with Gasteiger partial charge in [-0.25, -0.2) is 13.4 Å². The molecule has 0 N–H and O–H groups in total. The van der Waals surface area contributed by atoms with Gasteiger partial charge in [-0.2, -0.15) is 4.31 Å². The van der Waals surface area contributed by atoms with E-state index in [0.29, 0.717) is 18.0 Å². The molecule has 0 saturated carbocycles. The molecule has 1 aliphatic heterocycles. The van der Waals surface area contributed by atoms with Gasteiger partial charge in [0.05, 0.1) is 4.90 Å². The zero-order valence-electron chi connectivity index (χ0n) is 17.3. The van der Waals surface area contributed by atoms with E-state index in [1.165, 1.54) is 16.7 Å². The summed E-state index contributed by atoms with van der Waals surface area (Å²) in [6.45, 7) is 3.86. The molecule has 1 aromatic heterocycles. The van der Waals surface area contributed by atoms with Crippen molar-refractivity contribution in [2.75, 3.05) is 13.1 Å². The van der Waals surface area contributed by atoms with Gasteiger partial charge in [0.25, 0.3) is 0 Å². The van der Waals surface area contributed by atoms with Crippen LogP contribution in [0.4, 0.5) is 0 Å². The van der Waals surface area contributed by atoms with E-state index >= 15 is 0 Å². The lowest BCUT2D eigenvalue weighted by Crippen LogP contribution is -2.29. The molecule has 2 heterocycles. The van der Waals surface area contributed by atoms with Crippen molar-refractivity contribution in [3.8, 4) is 0 Å². The molecule has 0 amide bonds. The van der Waals surface area contributed by atoms with Crippen molar-refractivity contribution in [3.05, 3.63) is 82.9 Å². The molecule has 1 saturated heterocycles. The van der Waals surface area contributed by atoms with Crippen molar-refractivity contribution < 1.29 is 8.42 Å². The van der Waals surface area contributed by atoms with Gasteiger partial charge < -0.3 is 4.57 Å². The van der Waals surface area contributed by atoms with E-state index in [2.05, 4.69) is 28.6 Å². The van der Waals surface area contributed by atoms with E-state index in [0.717, 1.165) is 43.7 Å². The second-order valence-electron chi connectivity index (χ2n) is 8.46. The van der Waals surface area contributed by atoms with E-state index in [-0.39, 0.29) is 5.92 Å². The summed E-state index contributed by atoms with van der Waals surface area (Å²) in [5.74, 6) is 1.11. The Balaban J connectivity index is 1.37. The third kappa shape index (κ3) is 3.48. The average molecular weight is 422 g/mol. The van der Waals surface area contributed by atoms with E-state index in [4.69, 9.17) is 0 Å². The van der Waals surface area contributed by atoms with Gasteiger partial charge in [-0.05, 0) is 61.4 Å². The highest BCUT2D eigenvalue weighted by Gasteiger charge is 2.35. The van der Waals surface area contributed by atoms with Gasteiger partial charge in [-0.3, -0.25) is 0 Å². The standard InChI is InChI=1S/C24H27N3O2S/c1-18-15-25-24(27(18)16-19-6-3-2-4-7-19)22-12-13-26(17-22)30(28,29)23-11-10-20-8-5-9-21(20)14-23/h2-4,6-7,10-11,14-15,22H,5,8-9,12-13,16-17H2,1H3. The molecule has 1 fully saturated rings. The van der Waals surface area contributed by atoms with Gasteiger partial charge >= 0.3 is 0 Å². The van der Waals surface area contributed by atoms with Crippen molar-refractivity contribution in [2.24, 2.45) is 0 Å². The molecule has 1 aliphatic carbocycles. The van der Waals surface area contributed by atoms with Crippen molar-refractivity contribution >= 4 is 10.0 Å². The van der Waals surface area contributed by atoms with Crippen molar-refractivity contribution in [3.63, 3.8) is 0 Å². The Hall–Kier alpha value is -2.44. The van der Waals surface area contributed by atoms with Gasteiger partial charge in [0, 0.05) is 37.4 Å². The number of hydrogen-bond acceptors (Lipinski definition) is 3. The Labute approximate surface area is 178 Å². The Morgan fingerprint density at radius 3 is 2.70 bits per heavy atom. The number of rotatable bonds is 5. The maximum atomic E-state index is 13.3. The molecule has 5 nitrogen and oxygen atoms in total. The molecule has 5 rings (SSSR count). The van der Waals surface area contributed by atoms with Gasteiger partial charge in [0.1, 0.15) is 5.82 Å². The molecule has 156 valence electrons. The Morgan fingerprint density at radius 2 is 1.87 bits per heavy atom. The molecule has 3 aromatic rings. The zero-order chi connectivity index (χ0) is 20.7. The number of nitrogens with zero attached hydrogens (tertiary/aromatic N) is 3. The molecule has 2 aromatic carbocycles. The highest BCUT2D eigenvalue weighted by molar-refractivity contribution is 7.89. The minimum Gasteiger partial charge on any atom is -0.328 e. The Morgan fingerprint density at radius 1 is 1.07 bits per heavy atom. The van der Waals surface area contributed by atoms with Gasteiger partial charge in [0.2, 0.25) is 10.0 Å². The maximum Gasteiger partial charge on any atom is 0.243 e. The first-order valence-corrected chi connectivity index (χ1v) is 12.1. The smallest absolute Gasteiger partial charge is 0.243 e. The molecule has 0 bridgehead atoms. The number of aryl methyl sites for hydroxylation is 3. The summed E-state index contributed by atoms with van der Waals surface area (Å²) in [5, 5.41) is 0. The topological polar surface area (TPSA) is 55.2 Å². The van der Waals surface area contributed by atoms with Crippen molar-refractivity contribution in [2.45, 2.75) is 50.0 Å². The minimum atomic E-state index is -3.47. The first-order chi connectivity index (χ1) is 14.5. The van der Waals surface area contributed by atoms with Crippen LogP contribution in [0.5, 0.6) is 0 Å². The van der Waals surface area contributed by atoms with Crippen LogP contribution in [0, 0.1) is 6.92 Å². The fourth-order valence-electron chi connectivity index (χ4n) is 4.79. The molecule has 30 heavy (non-hydrogen) atoms. The number of benzene rings is 2. The van der Waals surface area contributed by atoms with Crippen LogP contribution in [0.1, 0.15) is 47.0 Å². The van der Waals surface area contributed by atoms with Crippen LogP contribution in [-0.2, 0) is 29.4 Å². The molecular weight excluding hydrogens is 394 g/mol. The summed E-state index contributed by atoms with van der Waals surface area (Å²) in [7, 11) is -3.47. The maximum absolute atomic E-state index is 13.3. The molecule has 6 heteroatoms. The summed E-state index contributed by atoms with van der Waals surface area (Å²) in [6.07, 6.45) is 5.86.